The van der Waals surface area contributed by atoms with Crippen molar-refractivity contribution in [2.45, 2.75) is 32.2 Å². The molecule has 2 aromatic rings. The van der Waals surface area contributed by atoms with Crippen LogP contribution in [0.4, 0.5) is 0 Å². The quantitative estimate of drug-likeness (QED) is 0.816. The number of sulfonamides is 1. The third-order valence-corrected chi connectivity index (χ3v) is 5.12. The van der Waals surface area contributed by atoms with Gasteiger partial charge in [-0.3, -0.25) is 4.79 Å². The Balaban J connectivity index is 1.96. The molecule has 0 aliphatic carbocycles. The van der Waals surface area contributed by atoms with Gasteiger partial charge in [-0.05, 0) is 28.5 Å². The Labute approximate surface area is 127 Å². The van der Waals surface area contributed by atoms with Gasteiger partial charge in [0.15, 0.2) is 5.82 Å². The molecule has 1 aromatic heterocycles. The average Bonchev–Trinajstić information content (AvgIpc) is 2.91. The molecule has 0 spiro atoms. The highest BCUT2D eigenvalue weighted by Crippen LogP contribution is 2.25. The fraction of sp³-hybridized carbons (Fsp3) is 0.385. The average molecular weight is 321 g/mol. The van der Waals surface area contributed by atoms with Crippen molar-refractivity contribution in [3.63, 3.8) is 0 Å². The molecule has 1 aliphatic heterocycles. The number of amides is 1. The van der Waals surface area contributed by atoms with Gasteiger partial charge in [-0.15, -0.1) is 5.10 Å². The highest BCUT2D eigenvalue weighted by atomic mass is 32.2. The SMILES string of the molecule is CCCn1nnnc1CN1C(=O)c2ccccc2CS1(=O)=O. The van der Waals surface area contributed by atoms with E-state index < -0.39 is 15.9 Å². The van der Waals surface area contributed by atoms with Crippen LogP contribution in [0.5, 0.6) is 0 Å². The van der Waals surface area contributed by atoms with Crippen LogP contribution in [0.1, 0.15) is 35.1 Å². The molecule has 0 radical (unpaired) electrons. The van der Waals surface area contributed by atoms with Crippen LogP contribution in [-0.4, -0.2) is 38.8 Å². The summed E-state index contributed by atoms with van der Waals surface area (Å²) in [5.41, 5.74) is 0.934. The van der Waals surface area contributed by atoms with Crippen LogP contribution in [0, 0.1) is 0 Å². The third kappa shape index (κ3) is 2.47. The lowest BCUT2D eigenvalue weighted by molar-refractivity contribution is 0.0845. The standard InChI is InChI=1S/C13H15N5O3S/c1-2-7-17-12(14-15-16-17)8-18-13(19)11-6-4-3-5-10(11)9-22(18,20)21/h3-6H,2,7-9H2,1H3. The Hall–Kier alpha value is -2.29. The van der Waals surface area contributed by atoms with Crippen molar-refractivity contribution in [3.8, 4) is 0 Å². The molecule has 0 fully saturated rings. The second-order valence-electron chi connectivity index (χ2n) is 5.04. The third-order valence-electron chi connectivity index (χ3n) is 3.47. The van der Waals surface area contributed by atoms with Gasteiger partial charge in [0.1, 0.15) is 0 Å². The molecular formula is C13H15N5O3S. The molecule has 1 aromatic carbocycles. The van der Waals surface area contributed by atoms with Crippen LogP contribution in [0.25, 0.3) is 0 Å². The molecule has 0 bridgehead atoms. The second kappa shape index (κ2) is 5.48. The zero-order valence-electron chi connectivity index (χ0n) is 12.0. The fourth-order valence-electron chi connectivity index (χ4n) is 2.41. The summed E-state index contributed by atoms with van der Waals surface area (Å²) in [6, 6.07) is 6.73. The summed E-state index contributed by atoms with van der Waals surface area (Å²) in [4.78, 5) is 12.5. The molecule has 0 N–H and O–H groups in total. The van der Waals surface area contributed by atoms with E-state index in [0.29, 0.717) is 23.5 Å². The number of benzene rings is 1. The first-order valence-corrected chi connectivity index (χ1v) is 8.51. The Kier molecular flexibility index (Phi) is 3.65. The zero-order valence-corrected chi connectivity index (χ0v) is 12.8. The van der Waals surface area contributed by atoms with Gasteiger partial charge in [0, 0.05) is 12.1 Å². The van der Waals surface area contributed by atoms with E-state index >= 15 is 0 Å². The van der Waals surface area contributed by atoms with Gasteiger partial charge in [-0.25, -0.2) is 17.4 Å². The maximum atomic E-state index is 12.5. The Morgan fingerprint density at radius 1 is 1.27 bits per heavy atom. The van der Waals surface area contributed by atoms with Gasteiger partial charge in [0.25, 0.3) is 5.91 Å². The Morgan fingerprint density at radius 3 is 2.82 bits per heavy atom. The fourth-order valence-corrected chi connectivity index (χ4v) is 3.87. The van der Waals surface area contributed by atoms with Crippen molar-refractivity contribution in [1.29, 1.82) is 0 Å². The molecule has 1 aliphatic rings. The maximum Gasteiger partial charge on any atom is 0.268 e. The second-order valence-corrected chi connectivity index (χ2v) is 6.94. The molecule has 3 rings (SSSR count). The van der Waals surface area contributed by atoms with Crippen molar-refractivity contribution >= 4 is 15.9 Å². The summed E-state index contributed by atoms with van der Waals surface area (Å²) in [6.07, 6.45) is 0.807. The molecule has 116 valence electrons. The molecule has 9 heteroatoms. The van der Waals surface area contributed by atoms with Crippen molar-refractivity contribution in [3.05, 3.63) is 41.2 Å². The van der Waals surface area contributed by atoms with Crippen molar-refractivity contribution in [1.82, 2.24) is 24.5 Å². The van der Waals surface area contributed by atoms with Crippen molar-refractivity contribution < 1.29 is 13.2 Å². The summed E-state index contributed by atoms with van der Waals surface area (Å²) in [7, 11) is -3.72. The predicted octanol–water partition coefficient (Wildman–Crippen LogP) is 0.569. The van der Waals surface area contributed by atoms with Crippen molar-refractivity contribution in [2.75, 3.05) is 0 Å². The summed E-state index contributed by atoms with van der Waals surface area (Å²) in [5.74, 6) is -0.365. The van der Waals surface area contributed by atoms with Gasteiger partial charge in [0.05, 0.1) is 12.3 Å². The van der Waals surface area contributed by atoms with Crippen LogP contribution in [0.2, 0.25) is 0 Å². The number of carbonyl (C=O) groups is 1. The largest absolute Gasteiger partial charge is 0.268 e. The first-order chi connectivity index (χ1) is 10.5. The molecule has 0 saturated heterocycles. The summed E-state index contributed by atoms with van der Waals surface area (Å²) in [5, 5.41) is 11.2. The van der Waals surface area contributed by atoms with Crippen LogP contribution < -0.4 is 0 Å². The van der Waals surface area contributed by atoms with Gasteiger partial charge >= 0.3 is 0 Å². The lowest BCUT2D eigenvalue weighted by Crippen LogP contribution is -2.42. The summed E-state index contributed by atoms with van der Waals surface area (Å²) in [6.45, 7) is 2.38. The van der Waals surface area contributed by atoms with E-state index in [1.807, 2.05) is 6.92 Å². The number of hydrogen-bond donors (Lipinski definition) is 0. The molecule has 0 atom stereocenters. The molecule has 2 heterocycles. The molecular weight excluding hydrogens is 306 g/mol. The van der Waals surface area contributed by atoms with E-state index in [4.69, 9.17) is 0 Å². The van der Waals surface area contributed by atoms with Crippen LogP contribution in [0.3, 0.4) is 0 Å². The summed E-state index contributed by atoms with van der Waals surface area (Å²) >= 11 is 0. The Morgan fingerprint density at radius 2 is 2.05 bits per heavy atom. The van der Waals surface area contributed by atoms with Gasteiger partial charge in [0.2, 0.25) is 10.0 Å². The number of hydrogen-bond acceptors (Lipinski definition) is 6. The van der Waals surface area contributed by atoms with Gasteiger partial charge < -0.3 is 0 Å². The molecule has 0 saturated carbocycles. The lowest BCUT2D eigenvalue weighted by Gasteiger charge is -2.27. The highest BCUT2D eigenvalue weighted by Gasteiger charge is 2.36. The van der Waals surface area contributed by atoms with Crippen molar-refractivity contribution in [2.24, 2.45) is 0 Å². The lowest BCUT2D eigenvalue weighted by atomic mass is 10.1. The number of aryl methyl sites for hydroxylation is 1. The van der Waals surface area contributed by atoms with Gasteiger partial charge in [-0.2, -0.15) is 0 Å². The van der Waals surface area contributed by atoms with Crippen LogP contribution in [0.15, 0.2) is 24.3 Å². The molecule has 8 nitrogen and oxygen atoms in total. The summed E-state index contributed by atoms with van der Waals surface area (Å²) < 4.78 is 27.1. The predicted molar refractivity (Wildman–Crippen MR) is 77.0 cm³/mol. The topological polar surface area (TPSA) is 98.1 Å². The highest BCUT2D eigenvalue weighted by molar-refractivity contribution is 7.89. The van der Waals surface area contributed by atoms with Crippen LogP contribution in [-0.2, 0) is 28.9 Å². The van der Waals surface area contributed by atoms with E-state index in [2.05, 4.69) is 15.5 Å². The molecule has 22 heavy (non-hydrogen) atoms. The maximum absolute atomic E-state index is 12.5. The number of tetrazole rings is 1. The molecule has 1 amide bonds. The van der Waals surface area contributed by atoms with E-state index in [9.17, 15) is 13.2 Å². The minimum atomic E-state index is -3.72. The minimum absolute atomic E-state index is 0.150. The minimum Gasteiger partial charge on any atom is -0.268 e. The first kappa shape index (κ1) is 14.6. The smallest absolute Gasteiger partial charge is 0.268 e. The number of fused-ring (bicyclic) bond motifs is 1. The molecule has 0 unspecified atom stereocenters. The van der Waals surface area contributed by atoms with E-state index in [-0.39, 0.29) is 12.3 Å². The number of carbonyl (C=O) groups excluding carboxylic acids is 1. The van der Waals surface area contributed by atoms with Gasteiger partial charge in [-0.1, -0.05) is 25.1 Å². The zero-order chi connectivity index (χ0) is 15.7. The van der Waals surface area contributed by atoms with E-state index in [0.717, 1.165) is 10.7 Å². The monoisotopic (exact) mass is 321 g/mol. The normalized spacial score (nSPS) is 16.6. The first-order valence-electron chi connectivity index (χ1n) is 6.90. The van der Waals surface area contributed by atoms with Crippen LogP contribution >= 0.6 is 0 Å². The number of nitrogens with zero attached hydrogens (tertiary/aromatic N) is 5. The van der Waals surface area contributed by atoms with E-state index in [1.54, 1.807) is 24.3 Å². The van der Waals surface area contributed by atoms with E-state index in [1.165, 1.54) is 4.68 Å². The number of aromatic nitrogens is 4. The number of rotatable bonds is 4. The Bertz CT molecular complexity index is 815.